The lowest BCUT2D eigenvalue weighted by Crippen LogP contribution is -2.40. The summed E-state index contributed by atoms with van der Waals surface area (Å²) in [4.78, 5) is 12.1. The van der Waals surface area contributed by atoms with Crippen molar-refractivity contribution < 1.29 is 10.0 Å². The maximum absolute atomic E-state index is 12.1. The number of nitrogens with two attached hydrogens (primary N) is 1. The molecule has 5 nitrogen and oxygen atoms in total. The van der Waals surface area contributed by atoms with E-state index in [1.807, 2.05) is 30.3 Å². The van der Waals surface area contributed by atoms with E-state index in [0.29, 0.717) is 18.9 Å². The predicted molar refractivity (Wildman–Crippen MR) is 72.8 cm³/mol. The zero-order valence-corrected chi connectivity index (χ0v) is 10.7. The molecule has 1 aromatic carbocycles. The monoisotopic (exact) mass is 261 g/mol. The second-order valence-electron chi connectivity index (χ2n) is 4.96. The van der Waals surface area contributed by atoms with Crippen molar-refractivity contribution in [1.29, 1.82) is 0 Å². The van der Waals surface area contributed by atoms with Gasteiger partial charge in [-0.2, -0.15) is 0 Å². The molecule has 2 rings (SSSR count). The first-order chi connectivity index (χ1) is 9.20. The first-order valence-electron chi connectivity index (χ1n) is 6.49. The third-order valence-electron chi connectivity index (χ3n) is 3.33. The number of amidine groups is 1. The van der Waals surface area contributed by atoms with Gasteiger partial charge in [0.1, 0.15) is 5.92 Å². The van der Waals surface area contributed by atoms with E-state index in [-0.39, 0.29) is 11.7 Å². The number of hydrogen-bond donors (Lipinski definition) is 3. The number of amides is 1. The molecule has 0 aliphatic heterocycles. The van der Waals surface area contributed by atoms with Gasteiger partial charge >= 0.3 is 0 Å². The van der Waals surface area contributed by atoms with Gasteiger partial charge in [-0.25, -0.2) is 0 Å². The van der Waals surface area contributed by atoms with E-state index in [2.05, 4.69) is 10.5 Å². The highest BCUT2D eigenvalue weighted by molar-refractivity contribution is 6.02. The lowest BCUT2D eigenvalue weighted by atomic mass is 9.97. The van der Waals surface area contributed by atoms with E-state index in [9.17, 15) is 4.79 Å². The third kappa shape index (κ3) is 3.98. The lowest BCUT2D eigenvalue weighted by Gasteiger charge is -2.15. The molecule has 5 heteroatoms. The molecular weight excluding hydrogens is 242 g/mol. The molecule has 4 N–H and O–H groups in total. The largest absolute Gasteiger partial charge is 0.409 e. The number of rotatable bonds is 6. The molecule has 1 unspecified atom stereocenters. The van der Waals surface area contributed by atoms with Gasteiger partial charge < -0.3 is 16.3 Å². The van der Waals surface area contributed by atoms with Crippen LogP contribution in [0.25, 0.3) is 0 Å². The molecular formula is C14H19N3O2. The van der Waals surface area contributed by atoms with Crippen molar-refractivity contribution in [3.05, 3.63) is 35.9 Å². The number of nitrogens with one attached hydrogen (secondary N) is 1. The van der Waals surface area contributed by atoms with Crippen LogP contribution in [0, 0.1) is 11.8 Å². The predicted octanol–water partition coefficient (Wildman–Crippen LogP) is 1.12. The van der Waals surface area contributed by atoms with Crippen molar-refractivity contribution in [3.63, 3.8) is 0 Å². The van der Waals surface area contributed by atoms with Crippen LogP contribution in [0.5, 0.6) is 0 Å². The van der Waals surface area contributed by atoms with Gasteiger partial charge in [0.2, 0.25) is 5.91 Å². The van der Waals surface area contributed by atoms with Crippen molar-refractivity contribution in [2.24, 2.45) is 22.7 Å². The Labute approximate surface area is 112 Å². The Bertz CT molecular complexity index is 455. The highest BCUT2D eigenvalue weighted by Gasteiger charge is 2.27. The van der Waals surface area contributed by atoms with Crippen LogP contribution in [0.4, 0.5) is 0 Å². The molecule has 0 spiro atoms. The molecule has 102 valence electrons. The summed E-state index contributed by atoms with van der Waals surface area (Å²) in [5, 5.41) is 14.7. The summed E-state index contributed by atoms with van der Waals surface area (Å²) in [7, 11) is 0. The molecule has 1 saturated carbocycles. The van der Waals surface area contributed by atoms with E-state index >= 15 is 0 Å². The smallest absolute Gasteiger partial charge is 0.231 e. The van der Waals surface area contributed by atoms with Crippen LogP contribution in [0.1, 0.15) is 18.4 Å². The number of benzene rings is 1. The summed E-state index contributed by atoms with van der Waals surface area (Å²) in [5.41, 5.74) is 6.61. The molecule has 1 amide bonds. The van der Waals surface area contributed by atoms with E-state index in [4.69, 9.17) is 10.9 Å². The van der Waals surface area contributed by atoms with Gasteiger partial charge in [-0.3, -0.25) is 4.79 Å². The quantitative estimate of drug-likeness (QED) is 0.310. The maximum Gasteiger partial charge on any atom is 0.231 e. The van der Waals surface area contributed by atoms with Crippen LogP contribution in [0.2, 0.25) is 0 Å². The van der Waals surface area contributed by atoms with Crippen LogP contribution in [-0.4, -0.2) is 23.5 Å². The van der Waals surface area contributed by atoms with E-state index < -0.39 is 5.92 Å². The average Bonchev–Trinajstić information content (AvgIpc) is 3.26. The normalized spacial score (nSPS) is 16.9. The zero-order chi connectivity index (χ0) is 13.7. The molecule has 19 heavy (non-hydrogen) atoms. The fourth-order valence-corrected chi connectivity index (χ4v) is 1.94. The summed E-state index contributed by atoms with van der Waals surface area (Å²) in [5.74, 6) is -0.233. The summed E-state index contributed by atoms with van der Waals surface area (Å²) >= 11 is 0. The minimum absolute atomic E-state index is 0.0443. The van der Waals surface area contributed by atoms with Crippen molar-refractivity contribution in [2.75, 3.05) is 6.54 Å². The van der Waals surface area contributed by atoms with Gasteiger partial charge in [0.15, 0.2) is 5.84 Å². The van der Waals surface area contributed by atoms with Gasteiger partial charge in [0.25, 0.3) is 0 Å². The SMILES string of the molecule is NC(=NO)C(Cc1ccccc1)C(=O)NCC1CC1. The highest BCUT2D eigenvalue weighted by Crippen LogP contribution is 2.27. The number of oxime groups is 1. The summed E-state index contributed by atoms with van der Waals surface area (Å²) in [6.45, 7) is 0.683. The maximum atomic E-state index is 12.1. The molecule has 1 aliphatic rings. The Kier molecular flexibility index (Phi) is 4.39. The van der Waals surface area contributed by atoms with Crippen molar-refractivity contribution in [2.45, 2.75) is 19.3 Å². The van der Waals surface area contributed by atoms with E-state index in [0.717, 1.165) is 5.56 Å². The molecule has 0 heterocycles. The number of nitrogens with zero attached hydrogens (tertiary/aromatic N) is 1. The first kappa shape index (κ1) is 13.4. The highest BCUT2D eigenvalue weighted by atomic mass is 16.4. The summed E-state index contributed by atoms with van der Waals surface area (Å²) in [6, 6.07) is 9.56. The Morgan fingerprint density at radius 2 is 2.11 bits per heavy atom. The second kappa shape index (κ2) is 6.22. The Hall–Kier alpha value is -2.04. The van der Waals surface area contributed by atoms with Crippen molar-refractivity contribution >= 4 is 11.7 Å². The lowest BCUT2D eigenvalue weighted by molar-refractivity contribution is -0.123. The fourth-order valence-electron chi connectivity index (χ4n) is 1.94. The van der Waals surface area contributed by atoms with Crippen LogP contribution in [0.3, 0.4) is 0 Å². The molecule has 0 bridgehead atoms. The first-order valence-corrected chi connectivity index (χ1v) is 6.49. The van der Waals surface area contributed by atoms with Gasteiger partial charge in [0.05, 0.1) is 0 Å². The second-order valence-corrected chi connectivity index (χ2v) is 4.96. The molecule has 0 aromatic heterocycles. The number of carbonyl (C=O) groups excluding carboxylic acids is 1. The fraction of sp³-hybridized carbons (Fsp3) is 0.429. The van der Waals surface area contributed by atoms with Crippen LogP contribution in [-0.2, 0) is 11.2 Å². The average molecular weight is 261 g/mol. The molecule has 0 saturated heterocycles. The van der Waals surface area contributed by atoms with Gasteiger partial charge in [-0.05, 0) is 30.7 Å². The Morgan fingerprint density at radius 1 is 1.42 bits per heavy atom. The minimum Gasteiger partial charge on any atom is -0.409 e. The molecule has 0 radical (unpaired) electrons. The Balaban J connectivity index is 2.00. The number of hydrogen-bond acceptors (Lipinski definition) is 3. The molecule has 1 fully saturated rings. The van der Waals surface area contributed by atoms with Gasteiger partial charge in [0, 0.05) is 6.54 Å². The van der Waals surface area contributed by atoms with Gasteiger partial charge in [-0.15, -0.1) is 0 Å². The van der Waals surface area contributed by atoms with E-state index in [1.54, 1.807) is 0 Å². The van der Waals surface area contributed by atoms with E-state index in [1.165, 1.54) is 12.8 Å². The topological polar surface area (TPSA) is 87.7 Å². The number of carbonyl (C=O) groups is 1. The van der Waals surface area contributed by atoms with Crippen molar-refractivity contribution in [1.82, 2.24) is 5.32 Å². The molecule has 1 atom stereocenters. The summed E-state index contributed by atoms with van der Waals surface area (Å²) in [6.07, 6.45) is 2.79. The molecule has 1 aliphatic carbocycles. The minimum atomic E-state index is -0.619. The zero-order valence-electron chi connectivity index (χ0n) is 10.7. The van der Waals surface area contributed by atoms with Crippen LogP contribution >= 0.6 is 0 Å². The Morgan fingerprint density at radius 3 is 2.68 bits per heavy atom. The standard InChI is InChI=1S/C14H19N3O2/c15-13(17-19)12(8-10-4-2-1-3-5-10)14(18)16-9-11-6-7-11/h1-5,11-12,19H,6-9H2,(H2,15,17)(H,16,18). The van der Waals surface area contributed by atoms with Crippen molar-refractivity contribution in [3.8, 4) is 0 Å². The third-order valence-corrected chi connectivity index (χ3v) is 3.33. The summed E-state index contributed by atoms with van der Waals surface area (Å²) < 4.78 is 0. The van der Waals surface area contributed by atoms with Crippen LogP contribution < -0.4 is 11.1 Å². The van der Waals surface area contributed by atoms with Crippen LogP contribution in [0.15, 0.2) is 35.5 Å². The van der Waals surface area contributed by atoms with Gasteiger partial charge in [-0.1, -0.05) is 35.5 Å². The molecule has 1 aromatic rings.